The fourth-order valence-electron chi connectivity index (χ4n) is 3.41. The van der Waals surface area contributed by atoms with Crippen LogP contribution in [0.2, 0.25) is 0 Å². The molecule has 0 saturated carbocycles. The number of aromatic nitrogens is 4. The highest BCUT2D eigenvalue weighted by atomic mass is 32.1. The number of rotatable bonds is 6. The highest BCUT2D eigenvalue weighted by Crippen LogP contribution is 2.38. The molecule has 0 aliphatic carbocycles. The van der Waals surface area contributed by atoms with Crippen LogP contribution in [0.4, 0.5) is 23.3 Å². The Morgan fingerprint density at radius 3 is 2.73 bits per heavy atom. The molecule has 5 rings (SSSR count). The molecule has 7 N–H and O–H groups in total. The molecular formula is C21H20N8S. The van der Waals surface area contributed by atoms with Crippen molar-refractivity contribution in [2.75, 3.05) is 29.5 Å². The van der Waals surface area contributed by atoms with Gasteiger partial charge >= 0.3 is 0 Å². The standard InChI is InChI=1S/C21H20N8S/c22-5-6-24-18-10-19(28-21(23)27-18)26-14-7-13-11-25-29-20(13)15(9-14)17-8-12-3-1-2-4-16(12)30-17/h1-4,7-11H,5-6,22H2,(H,25,29)(H4,23,24,26,27,28). The number of anilines is 4. The Labute approximate surface area is 176 Å². The fraction of sp³-hybridized carbons (Fsp3) is 0.0952. The van der Waals surface area contributed by atoms with Gasteiger partial charge in [0, 0.05) is 45.4 Å². The van der Waals surface area contributed by atoms with Gasteiger partial charge in [0.05, 0.1) is 11.7 Å². The third-order valence-electron chi connectivity index (χ3n) is 4.71. The molecule has 0 atom stereocenters. The number of fused-ring (bicyclic) bond motifs is 2. The summed E-state index contributed by atoms with van der Waals surface area (Å²) in [5, 5.41) is 16.1. The summed E-state index contributed by atoms with van der Waals surface area (Å²) < 4.78 is 1.25. The van der Waals surface area contributed by atoms with E-state index in [4.69, 9.17) is 11.5 Å². The molecule has 3 aromatic heterocycles. The second-order valence-corrected chi connectivity index (χ2v) is 7.93. The summed E-state index contributed by atoms with van der Waals surface area (Å²) >= 11 is 1.75. The number of nitrogens with zero attached hydrogens (tertiary/aromatic N) is 3. The van der Waals surface area contributed by atoms with Crippen LogP contribution in [0.1, 0.15) is 0 Å². The van der Waals surface area contributed by atoms with Crippen molar-refractivity contribution >= 4 is 55.6 Å². The molecular weight excluding hydrogens is 396 g/mol. The number of thiophene rings is 1. The van der Waals surface area contributed by atoms with Crippen LogP contribution in [-0.4, -0.2) is 33.3 Å². The van der Waals surface area contributed by atoms with Crippen molar-refractivity contribution in [1.29, 1.82) is 0 Å². The average molecular weight is 417 g/mol. The summed E-state index contributed by atoms with van der Waals surface area (Å²) in [6.45, 7) is 1.11. The van der Waals surface area contributed by atoms with Crippen LogP contribution < -0.4 is 22.1 Å². The van der Waals surface area contributed by atoms with E-state index >= 15 is 0 Å². The molecule has 5 aromatic rings. The Morgan fingerprint density at radius 2 is 1.87 bits per heavy atom. The van der Waals surface area contributed by atoms with Crippen molar-refractivity contribution in [3.63, 3.8) is 0 Å². The molecule has 0 unspecified atom stereocenters. The van der Waals surface area contributed by atoms with Crippen LogP contribution in [0.3, 0.4) is 0 Å². The van der Waals surface area contributed by atoms with E-state index in [9.17, 15) is 0 Å². The van der Waals surface area contributed by atoms with Crippen molar-refractivity contribution in [2.45, 2.75) is 0 Å². The average Bonchev–Trinajstić information content (AvgIpc) is 3.38. The van der Waals surface area contributed by atoms with E-state index in [1.54, 1.807) is 11.3 Å². The SMILES string of the molecule is NCCNc1cc(Nc2cc(-c3cc4ccccc4s3)c3[nH]ncc3c2)nc(N)n1. The zero-order chi connectivity index (χ0) is 20.5. The molecule has 2 aromatic carbocycles. The molecule has 0 radical (unpaired) electrons. The third-order valence-corrected chi connectivity index (χ3v) is 5.86. The van der Waals surface area contributed by atoms with E-state index in [0.29, 0.717) is 24.7 Å². The normalized spacial score (nSPS) is 11.2. The summed E-state index contributed by atoms with van der Waals surface area (Å²) in [6, 6.07) is 16.5. The number of hydrogen-bond acceptors (Lipinski definition) is 8. The monoisotopic (exact) mass is 416 g/mol. The Balaban J connectivity index is 1.55. The lowest BCUT2D eigenvalue weighted by Gasteiger charge is -2.11. The van der Waals surface area contributed by atoms with E-state index in [2.05, 4.69) is 67.2 Å². The molecule has 0 saturated heterocycles. The number of aromatic amines is 1. The van der Waals surface area contributed by atoms with Crippen LogP contribution in [0.25, 0.3) is 31.4 Å². The summed E-state index contributed by atoms with van der Waals surface area (Å²) in [7, 11) is 0. The van der Waals surface area contributed by atoms with Crippen LogP contribution >= 0.6 is 11.3 Å². The zero-order valence-corrected chi connectivity index (χ0v) is 16.8. The summed E-state index contributed by atoms with van der Waals surface area (Å²) in [6.07, 6.45) is 1.82. The molecule has 0 aliphatic heterocycles. The lowest BCUT2D eigenvalue weighted by atomic mass is 10.1. The number of nitrogens with two attached hydrogens (primary N) is 2. The van der Waals surface area contributed by atoms with E-state index < -0.39 is 0 Å². The van der Waals surface area contributed by atoms with E-state index in [1.807, 2.05) is 18.3 Å². The largest absolute Gasteiger partial charge is 0.369 e. The third kappa shape index (κ3) is 3.51. The Morgan fingerprint density at radius 1 is 1.00 bits per heavy atom. The second kappa shape index (κ2) is 7.62. The first kappa shape index (κ1) is 18.3. The van der Waals surface area contributed by atoms with Gasteiger partial charge in [0.2, 0.25) is 5.95 Å². The Bertz CT molecular complexity index is 1310. The Kier molecular flexibility index (Phi) is 4.66. The molecule has 30 heavy (non-hydrogen) atoms. The minimum absolute atomic E-state index is 0.189. The topological polar surface area (TPSA) is 131 Å². The van der Waals surface area contributed by atoms with Gasteiger partial charge < -0.3 is 22.1 Å². The predicted octanol–water partition coefficient (Wildman–Crippen LogP) is 3.93. The van der Waals surface area contributed by atoms with Gasteiger partial charge in [0.15, 0.2) is 0 Å². The molecule has 0 amide bonds. The van der Waals surface area contributed by atoms with Crippen molar-refractivity contribution in [3.8, 4) is 10.4 Å². The molecule has 0 bridgehead atoms. The van der Waals surface area contributed by atoms with Crippen molar-refractivity contribution in [3.05, 3.63) is 54.7 Å². The van der Waals surface area contributed by atoms with Gasteiger partial charge in [0.1, 0.15) is 11.6 Å². The highest BCUT2D eigenvalue weighted by Gasteiger charge is 2.12. The minimum Gasteiger partial charge on any atom is -0.369 e. The second-order valence-electron chi connectivity index (χ2n) is 6.84. The summed E-state index contributed by atoms with van der Waals surface area (Å²) in [5.41, 5.74) is 14.4. The highest BCUT2D eigenvalue weighted by molar-refractivity contribution is 7.22. The summed E-state index contributed by atoms with van der Waals surface area (Å²) in [5.74, 6) is 1.42. The fourth-order valence-corrected chi connectivity index (χ4v) is 4.49. The smallest absolute Gasteiger partial charge is 0.223 e. The maximum Gasteiger partial charge on any atom is 0.223 e. The number of hydrogen-bond donors (Lipinski definition) is 5. The zero-order valence-electron chi connectivity index (χ0n) is 16.0. The van der Waals surface area contributed by atoms with E-state index in [-0.39, 0.29) is 5.95 Å². The van der Waals surface area contributed by atoms with Gasteiger partial charge in [-0.25, -0.2) is 0 Å². The van der Waals surface area contributed by atoms with Crippen LogP contribution in [-0.2, 0) is 0 Å². The molecule has 150 valence electrons. The van der Waals surface area contributed by atoms with Crippen molar-refractivity contribution < 1.29 is 0 Å². The lowest BCUT2D eigenvalue weighted by Crippen LogP contribution is -2.14. The van der Waals surface area contributed by atoms with Gasteiger partial charge in [-0.1, -0.05) is 18.2 Å². The number of H-pyrrole nitrogens is 1. The lowest BCUT2D eigenvalue weighted by molar-refractivity contribution is 1.01. The van der Waals surface area contributed by atoms with Crippen LogP contribution in [0.5, 0.6) is 0 Å². The maximum absolute atomic E-state index is 5.88. The molecule has 0 spiro atoms. The number of benzene rings is 2. The number of nitrogen functional groups attached to an aromatic ring is 1. The number of nitrogens with one attached hydrogen (secondary N) is 3. The predicted molar refractivity (Wildman–Crippen MR) is 124 cm³/mol. The van der Waals surface area contributed by atoms with Crippen molar-refractivity contribution in [2.24, 2.45) is 5.73 Å². The van der Waals surface area contributed by atoms with E-state index in [1.165, 1.54) is 15.0 Å². The molecule has 3 heterocycles. The summed E-state index contributed by atoms with van der Waals surface area (Å²) in [4.78, 5) is 9.66. The molecule has 8 nitrogen and oxygen atoms in total. The first-order chi connectivity index (χ1) is 14.7. The first-order valence-corrected chi connectivity index (χ1v) is 10.3. The van der Waals surface area contributed by atoms with Gasteiger partial charge in [-0.2, -0.15) is 15.1 Å². The first-order valence-electron chi connectivity index (χ1n) is 9.51. The van der Waals surface area contributed by atoms with Gasteiger partial charge in [-0.15, -0.1) is 11.3 Å². The molecule has 0 fully saturated rings. The van der Waals surface area contributed by atoms with Gasteiger partial charge in [-0.05, 0) is 29.7 Å². The van der Waals surface area contributed by atoms with Crippen LogP contribution in [0, 0.1) is 0 Å². The molecule has 0 aliphatic rings. The van der Waals surface area contributed by atoms with Gasteiger partial charge in [-0.3, -0.25) is 5.10 Å². The van der Waals surface area contributed by atoms with Crippen LogP contribution in [0.15, 0.2) is 54.7 Å². The molecule has 9 heteroatoms. The quantitative estimate of drug-likeness (QED) is 0.283. The van der Waals surface area contributed by atoms with E-state index in [0.717, 1.165) is 22.2 Å². The maximum atomic E-state index is 5.88. The van der Waals surface area contributed by atoms with Gasteiger partial charge in [0.25, 0.3) is 0 Å². The van der Waals surface area contributed by atoms with Crippen molar-refractivity contribution in [1.82, 2.24) is 20.2 Å². The Hall–Kier alpha value is -3.69. The minimum atomic E-state index is 0.189.